The van der Waals surface area contributed by atoms with Crippen molar-refractivity contribution in [1.29, 1.82) is 0 Å². The van der Waals surface area contributed by atoms with E-state index in [9.17, 15) is 4.79 Å². The van der Waals surface area contributed by atoms with E-state index in [2.05, 4.69) is 71.0 Å². The van der Waals surface area contributed by atoms with Gasteiger partial charge in [-0.05, 0) is 49.2 Å². The molecule has 0 radical (unpaired) electrons. The summed E-state index contributed by atoms with van der Waals surface area (Å²) < 4.78 is 5.42. The molecule has 2 atom stereocenters. The van der Waals surface area contributed by atoms with Gasteiger partial charge in [-0.1, -0.05) is 60.2 Å². The number of carbonyl (C=O) groups excluding carboxylic acids is 1. The van der Waals surface area contributed by atoms with E-state index in [4.69, 9.17) is 4.74 Å². The van der Waals surface area contributed by atoms with Gasteiger partial charge >= 0.3 is 0 Å². The molecule has 0 unspecified atom stereocenters. The quantitative estimate of drug-likeness (QED) is 0.579. The topological polar surface area (TPSA) is 53.6 Å². The Hall–Kier alpha value is -3.15. The summed E-state index contributed by atoms with van der Waals surface area (Å²) in [5.74, 6) is -0.0582. The van der Waals surface area contributed by atoms with Crippen LogP contribution in [0.1, 0.15) is 29.7 Å². The number of rotatable bonds is 7. The van der Waals surface area contributed by atoms with Gasteiger partial charge < -0.3 is 15.0 Å². The lowest BCUT2D eigenvalue weighted by molar-refractivity contribution is -0.117. The molecule has 32 heavy (non-hydrogen) atoms. The number of amides is 1. The van der Waals surface area contributed by atoms with Crippen LogP contribution >= 0.6 is 0 Å². The maximum Gasteiger partial charge on any atom is 0.241 e. The van der Waals surface area contributed by atoms with Crippen LogP contribution in [0.15, 0.2) is 78.9 Å². The minimum atomic E-state index is -0.375. The summed E-state index contributed by atoms with van der Waals surface area (Å²) in [5.41, 5.74) is 5.43. The fraction of sp³-hybridized carbons (Fsp3) is 0.296. The number of ether oxygens (including phenoxy) is 1. The number of hydrogen-bond acceptors (Lipinski definition) is 4. The Bertz CT molecular complexity index is 997. The van der Waals surface area contributed by atoms with Gasteiger partial charge in [-0.25, -0.2) is 0 Å². The van der Waals surface area contributed by atoms with Crippen LogP contribution in [0.25, 0.3) is 0 Å². The van der Waals surface area contributed by atoms with E-state index in [0.717, 1.165) is 48.8 Å². The number of aryl methyl sites for hydroxylation is 1. The molecule has 1 heterocycles. The van der Waals surface area contributed by atoms with Gasteiger partial charge in [-0.2, -0.15) is 0 Å². The van der Waals surface area contributed by atoms with Crippen LogP contribution in [-0.4, -0.2) is 38.3 Å². The first-order valence-corrected chi connectivity index (χ1v) is 11.2. The van der Waals surface area contributed by atoms with Gasteiger partial charge in [0.15, 0.2) is 0 Å². The maximum absolute atomic E-state index is 13.0. The van der Waals surface area contributed by atoms with Gasteiger partial charge in [-0.3, -0.25) is 10.1 Å². The summed E-state index contributed by atoms with van der Waals surface area (Å²) in [5, 5.41) is 6.56. The average molecular weight is 430 g/mol. The van der Waals surface area contributed by atoms with Gasteiger partial charge in [-0.15, -0.1) is 0 Å². The van der Waals surface area contributed by atoms with Crippen molar-refractivity contribution < 1.29 is 9.53 Å². The van der Waals surface area contributed by atoms with Gasteiger partial charge in [0, 0.05) is 24.5 Å². The van der Waals surface area contributed by atoms with E-state index in [1.165, 1.54) is 5.56 Å². The fourth-order valence-electron chi connectivity index (χ4n) is 3.94. The lowest BCUT2D eigenvalue weighted by Crippen LogP contribution is -2.40. The van der Waals surface area contributed by atoms with Crippen molar-refractivity contribution in [2.75, 3.05) is 36.5 Å². The van der Waals surface area contributed by atoms with Gasteiger partial charge in [0.1, 0.15) is 0 Å². The van der Waals surface area contributed by atoms with E-state index < -0.39 is 0 Å². The Balaban J connectivity index is 1.43. The molecule has 0 bridgehead atoms. The number of nitrogens with one attached hydrogen (secondary N) is 2. The average Bonchev–Trinajstić information content (AvgIpc) is 2.84. The number of morpholine rings is 1. The molecule has 1 aliphatic heterocycles. The number of benzene rings is 3. The molecule has 0 aliphatic carbocycles. The monoisotopic (exact) mass is 429 g/mol. The standard InChI is InChI=1S/C27H31N3O2/c1-20-8-10-23(11-9-20)26(22-6-4-3-5-7-22)28-21(2)27(31)29-24-12-14-25(15-13-24)30-16-18-32-19-17-30/h3-15,21,26,28H,16-19H2,1-2H3,(H,29,31)/t21-,26-/m0/s1. The van der Waals surface area contributed by atoms with Crippen molar-refractivity contribution in [3.8, 4) is 0 Å². The third-order valence-electron chi connectivity index (χ3n) is 5.86. The molecule has 4 rings (SSSR count). The summed E-state index contributed by atoms with van der Waals surface area (Å²) in [6.07, 6.45) is 0. The third-order valence-corrected chi connectivity index (χ3v) is 5.86. The van der Waals surface area contributed by atoms with Crippen molar-refractivity contribution in [1.82, 2.24) is 5.32 Å². The smallest absolute Gasteiger partial charge is 0.241 e. The van der Waals surface area contributed by atoms with Crippen LogP contribution in [0.5, 0.6) is 0 Å². The predicted molar refractivity (Wildman–Crippen MR) is 130 cm³/mol. The van der Waals surface area contributed by atoms with Crippen molar-refractivity contribution in [2.24, 2.45) is 0 Å². The molecule has 3 aromatic rings. The van der Waals surface area contributed by atoms with Crippen LogP contribution in [0, 0.1) is 6.92 Å². The van der Waals surface area contributed by atoms with Crippen molar-refractivity contribution >= 4 is 17.3 Å². The first-order valence-electron chi connectivity index (χ1n) is 11.2. The molecule has 0 spiro atoms. The Kier molecular flexibility index (Phi) is 7.20. The van der Waals surface area contributed by atoms with Crippen molar-refractivity contribution in [3.63, 3.8) is 0 Å². The van der Waals surface area contributed by atoms with Crippen molar-refractivity contribution in [2.45, 2.75) is 25.9 Å². The Morgan fingerprint density at radius 2 is 1.50 bits per heavy atom. The van der Waals surface area contributed by atoms with E-state index in [1.807, 2.05) is 37.3 Å². The van der Waals surface area contributed by atoms with Crippen LogP contribution in [-0.2, 0) is 9.53 Å². The number of carbonyl (C=O) groups is 1. The van der Waals surface area contributed by atoms with Crippen molar-refractivity contribution in [3.05, 3.63) is 95.6 Å². The second-order valence-electron chi connectivity index (χ2n) is 8.28. The molecule has 5 heteroatoms. The molecule has 0 saturated carbocycles. The fourth-order valence-corrected chi connectivity index (χ4v) is 3.94. The second kappa shape index (κ2) is 10.4. The summed E-state index contributed by atoms with van der Waals surface area (Å²) in [6.45, 7) is 7.28. The molecule has 2 N–H and O–H groups in total. The Labute approximate surface area is 190 Å². The van der Waals surface area contributed by atoms with E-state index in [-0.39, 0.29) is 18.0 Å². The number of hydrogen-bond donors (Lipinski definition) is 2. The predicted octanol–water partition coefficient (Wildman–Crippen LogP) is 4.54. The molecule has 5 nitrogen and oxygen atoms in total. The molecule has 1 saturated heterocycles. The molecule has 1 amide bonds. The first-order chi connectivity index (χ1) is 15.6. The number of anilines is 2. The molecular weight excluding hydrogens is 398 g/mol. The number of nitrogens with zero attached hydrogens (tertiary/aromatic N) is 1. The highest BCUT2D eigenvalue weighted by molar-refractivity contribution is 5.94. The Morgan fingerprint density at radius 3 is 2.16 bits per heavy atom. The molecular formula is C27H31N3O2. The molecule has 1 aliphatic rings. The SMILES string of the molecule is Cc1ccc([C@@H](N[C@@H](C)C(=O)Nc2ccc(N3CCOCC3)cc2)c2ccccc2)cc1. The van der Waals surface area contributed by atoms with Crippen LogP contribution < -0.4 is 15.5 Å². The lowest BCUT2D eigenvalue weighted by Gasteiger charge is -2.29. The highest BCUT2D eigenvalue weighted by Gasteiger charge is 2.21. The molecule has 1 fully saturated rings. The summed E-state index contributed by atoms with van der Waals surface area (Å²) in [7, 11) is 0. The van der Waals surface area contributed by atoms with Gasteiger partial charge in [0.05, 0.1) is 25.3 Å². The maximum atomic E-state index is 13.0. The minimum absolute atomic E-state index is 0.0582. The summed E-state index contributed by atoms with van der Waals surface area (Å²) in [6, 6.07) is 26.3. The van der Waals surface area contributed by atoms with Gasteiger partial charge in [0.2, 0.25) is 5.91 Å². The first kappa shape index (κ1) is 22.1. The zero-order valence-corrected chi connectivity index (χ0v) is 18.8. The van der Waals surface area contributed by atoms with E-state index in [0.29, 0.717) is 0 Å². The minimum Gasteiger partial charge on any atom is -0.378 e. The molecule has 3 aromatic carbocycles. The third kappa shape index (κ3) is 5.55. The van der Waals surface area contributed by atoms with E-state index >= 15 is 0 Å². The Morgan fingerprint density at radius 1 is 0.875 bits per heavy atom. The van der Waals surface area contributed by atoms with Gasteiger partial charge in [0.25, 0.3) is 0 Å². The summed E-state index contributed by atoms with van der Waals surface area (Å²) >= 11 is 0. The molecule has 166 valence electrons. The van der Waals surface area contributed by atoms with Crippen LogP contribution in [0.3, 0.4) is 0 Å². The van der Waals surface area contributed by atoms with Crippen LogP contribution in [0.2, 0.25) is 0 Å². The highest BCUT2D eigenvalue weighted by Crippen LogP contribution is 2.24. The zero-order chi connectivity index (χ0) is 22.3. The second-order valence-corrected chi connectivity index (χ2v) is 8.28. The van der Waals surface area contributed by atoms with Crippen LogP contribution in [0.4, 0.5) is 11.4 Å². The highest BCUT2D eigenvalue weighted by atomic mass is 16.5. The lowest BCUT2D eigenvalue weighted by atomic mass is 9.97. The normalized spacial score (nSPS) is 15.8. The zero-order valence-electron chi connectivity index (χ0n) is 18.8. The van der Waals surface area contributed by atoms with E-state index in [1.54, 1.807) is 0 Å². The molecule has 0 aromatic heterocycles. The largest absolute Gasteiger partial charge is 0.378 e. The summed E-state index contributed by atoms with van der Waals surface area (Å²) in [4.78, 5) is 15.2.